The van der Waals surface area contributed by atoms with Crippen molar-refractivity contribution in [2.24, 2.45) is 0 Å². The normalized spacial score (nSPS) is 10.9. The van der Waals surface area contributed by atoms with Crippen LogP contribution in [0.5, 0.6) is 5.75 Å². The van der Waals surface area contributed by atoms with E-state index in [1.165, 1.54) is 0 Å². The lowest BCUT2D eigenvalue weighted by atomic mass is 10.2. The Hall–Kier alpha value is -1.88. The van der Waals surface area contributed by atoms with Gasteiger partial charge in [-0.1, -0.05) is 6.92 Å². The highest BCUT2D eigenvalue weighted by Crippen LogP contribution is 2.21. The Labute approximate surface area is 122 Å². The van der Waals surface area contributed by atoms with Gasteiger partial charge in [-0.05, 0) is 38.1 Å². The Bertz CT molecular complexity index is 596. The van der Waals surface area contributed by atoms with Gasteiger partial charge in [0, 0.05) is 18.2 Å². The predicted molar refractivity (Wildman–Crippen MR) is 76.1 cm³/mol. The molecule has 0 spiro atoms. The molecule has 2 aromatic rings. The van der Waals surface area contributed by atoms with E-state index in [-0.39, 0.29) is 12.4 Å². The molecule has 0 bridgehead atoms. The van der Waals surface area contributed by atoms with Gasteiger partial charge in [0.2, 0.25) is 0 Å². The zero-order valence-electron chi connectivity index (χ0n) is 12.2. The Morgan fingerprint density at radius 2 is 2.05 bits per heavy atom. The van der Waals surface area contributed by atoms with E-state index in [0.717, 1.165) is 49.0 Å². The second-order valence-corrected chi connectivity index (χ2v) is 4.83. The summed E-state index contributed by atoms with van der Waals surface area (Å²) in [5.41, 5.74) is 1.04. The number of hydrogen-bond donors (Lipinski definition) is 1. The van der Waals surface area contributed by atoms with Crippen LogP contribution in [0.2, 0.25) is 0 Å². The summed E-state index contributed by atoms with van der Waals surface area (Å²) in [5.74, 6) is 0.145. The first-order valence-electron chi connectivity index (χ1n) is 6.97. The molecule has 114 valence electrons. The van der Waals surface area contributed by atoms with Crippen molar-refractivity contribution in [3.8, 4) is 5.75 Å². The van der Waals surface area contributed by atoms with E-state index in [2.05, 4.69) is 12.2 Å². The molecule has 0 aliphatic heterocycles. The largest absolute Gasteiger partial charge is 0.482 e. The number of furan rings is 1. The van der Waals surface area contributed by atoms with Gasteiger partial charge in [0.15, 0.2) is 11.6 Å². The SMILES string of the molecule is CCCNCc1cc(COc2cc(F)ccc2F)oc1C. The molecule has 0 aliphatic rings. The third-order valence-corrected chi connectivity index (χ3v) is 3.08. The molecular formula is C16H19F2NO2. The molecule has 2 rings (SSSR count). The molecule has 0 fully saturated rings. The summed E-state index contributed by atoms with van der Waals surface area (Å²) in [6.07, 6.45) is 1.06. The number of rotatable bonds is 7. The Balaban J connectivity index is 1.97. The molecule has 0 saturated heterocycles. The van der Waals surface area contributed by atoms with E-state index in [4.69, 9.17) is 9.15 Å². The number of benzene rings is 1. The molecule has 0 atom stereocenters. The van der Waals surface area contributed by atoms with E-state index in [0.29, 0.717) is 5.76 Å². The fraction of sp³-hybridized carbons (Fsp3) is 0.375. The van der Waals surface area contributed by atoms with E-state index in [1.54, 1.807) is 0 Å². The first-order chi connectivity index (χ1) is 10.1. The Morgan fingerprint density at radius 1 is 1.24 bits per heavy atom. The number of halogens is 2. The number of aryl methyl sites for hydroxylation is 1. The molecule has 0 unspecified atom stereocenters. The van der Waals surface area contributed by atoms with Gasteiger partial charge >= 0.3 is 0 Å². The van der Waals surface area contributed by atoms with Crippen LogP contribution >= 0.6 is 0 Å². The van der Waals surface area contributed by atoms with Gasteiger partial charge in [-0.15, -0.1) is 0 Å². The van der Waals surface area contributed by atoms with Crippen LogP contribution in [0.3, 0.4) is 0 Å². The molecule has 1 aromatic heterocycles. The lowest BCUT2D eigenvalue weighted by molar-refractivity contribution is 0.255. The van der Waals surface area contributed by atoms with Crippen LogP contribution in [-0.2, 0) is 13.2 Å². The molecular weight excluding hydrogens is 276 g/mol. The minimum absolute atomic E-state index is 0.0645. The van der Waals surface area contributed by atoms with Crippen LogP contribution in [0.4, 0.5) is 8.78 Å². The molecule has 3 nitrogen and oxygen atoms in total. The van der Waals surface area contributed by atoms with E-state index in [9.17, 15) is 8.78 Å². The van der Waals surface area contributed by atoms with E-state index in [1.807, 2.05) is 13.0 Å². The zero-order chi connectivity index (χ0) is 15.2. The third kappa shape index (κ3) is 4.29. The van der Waals surface area contributed by atoms with Crippen molar-refractivity contribution in [1.82, 2.24) is 5.32 Å². The fourth-order valence-corrected chi connectivity index (χ4v) is 1.97. The first kappa shape index (κ1) is 15.5. The summed E-state index contributed by atoms with van der Waals surface area (Å²) >= 11 is 0. The smallest absolute Gasteiger partial charge is 0.165 e. The summed E-state index contributed by atoms with van der Waals surface area (Å²) in [6.45, 7) is 5.69. The van der Waals surface area contributed by atoms with Crippen molar-refractivity contribution in [3.05, 3.63) is 53.0 Å². The Kier molecular flexibility index (Phi) is 5.33. The molecule has 21 heavy (non-hydrogen) atoms. The number of hydrogen-bond acceptors (Lipinski definition) is 3. The van der Waals surface area contributed by atoms with E-state index < -0.39 is 11.6 Å². The maximum Gasteiger partial charge on any atom is 0.165 e. The van der Waals surface area contributed by atoms with Gasteiger partial charge in [-0.2, -0.15) is 0 Å². The average Bonchev–Trinajstić information content (AvgIpc) is 2.81. The second kappa shape index (κ2) is 7.22. The van der Waals surface area contributed by atoms with Crippen LogP contribution in [-0.4, -0.2) is 6.54 Å². The fourth-order valence-electron chi connectivity index (χ4n) is 1.97. The van der Waals surface area contributed by atoms with Crippen molar-refractivity contribution < 1.29 is 17.9 Å². The van der Waals surface area contributed by atoms with Crippen molar-refractivity contribution in [2.45, 2.75) is 33.4 Å². The van der Waals surface area contributed by atoms with Crippen molar-refractivity contribution in [2.75, 3.05) is 6.54 Å². The van der Waals surface area contributed by atoms with Gasteiger partial charge in [0.1, 0.15) is 23.9 Å². The molecule has 0 aliphatic carbocycles. The van der Waals surface area contributed by atoms with Gasteiger partial charge in [-0.25, -0.2) is 8.78 Å². The zero-order valence-corrected chi connectivity index (χ0v) is 12.2. The lowest BCUT2D eigenvalue weighted by Gasteiger charge is -2.05. The van der Waals surface area contributed by atoms with Crippen molar-refractivity contribution in [3.63, 3.8) is 0 Å². The van der Waals surface area contributed by atoms with Gasteiger partial charge < -0.3 is 14.5 Å². The number of nitrogens with one attached hydrogen (secondary N) is 1. The molecule has 0 radical (unpaired) electrons. The molecule has 0 amide bonds. The highest BCUT2D eigenvalue weighted by molar-refractivity contribution is 5.26. The van der Waals surface area contributed by atoms with Crippen molar-refractivity contribution >= 4 is 0 Å². The van der Waals surface area contributed by atoms with Crippen LogP contribution < -0.4 is 10.1 Å². The second-order valence-electron chi connectivity index (χ2n) is 4.83. The third-order valence-electron chi connectivity index (χ3n) is 3.08. The van der Waals surface area contributed by atoms with E-state index >= 15 is 0 Å². The van der Waals surface area contributed by atoms with Gasteiger partial charge in [-0.3, -0.25) is 0 Å². The lowest BCUT2D eigenvalue weighted by Crippen LogP contribution is -2.13. The van der Waals surface area contributed by atoms with Crippen LogP contribution in [0, 0.1) is 18.6 Å². The highest BCUT2D eigenvalue weighted by atomic mass is 19.1. The summed E-state index contributed by atoms with van der Waals surface area (Å²) < 4.78 is 37.3. The van der Waals surface area contributed by atoms with Crippen molar-refractivity contribution in [1.29, 1.82) is 0 Å². The minimum Gasteiger partial charge on any atom is -0.482 e. The highest BCUT2D eigenvalue weighted by Gasteiger charge is 2.10. The molecule has 0 saturated carbocycles. The molecule has 5 heteroatoms. The quantitative estimate of drug-likeness (QED) is 0.786. The monoisotopic (exact) mass is 295 g/mol. The Morgan fingerprint density at radius 3 is 2.81 bits per heavy atom. The standard InChI is InChI=1S/C16H19F2NO2/c1-3-6-19-9-12-7-14(21-11(12)2)10-20-16-8-13(17)4-5-15(16)18/h4-5,7-8,19H,3,6,9-10H2,1-2H3. The topological polar surface area (TPSA) is 34.4 Å². The summed E-state index contributed by atoms with van der Waals surface area (Å²) in [5, 5.41) is 3.29. The number of ether oxygens (including phenoxy) is 1. The first-order valence-corrected chi connectivity index (χ1v) is 6.97. The van der Waals surface area contributed by atoms with Crippen LogP contribution in [0.15, 0.2) is 28.7 Å². The maximum absolute atomic E-state index is 13.4. The molecule has 1 heterocycles. The van der Waals surface area contributed by atoms with Crippen LogP contribution in [0.25, 0.3) is 0 Å². The summed E-state index contributed by atoms with van der Waals surface area (Å²) in [7, 11) is 0. The summed E-state index contributed by atoms with van der Waals surface area (Å²) in [6, 6.07) is 4.99. The van der Waals surface area contributed by atoms with Crippen LogP contribution in [0.1, 0.15) is 30.4 Å². The van der Waals surface area contributed by atoms with Gasteiger partial charge in [0.05, 0.1) is 0 Å². The van der Waals surface area contributed by atoms with Gasteiger partial charge in [0.25, 0.3) is 0 Å². The minimum atomic E-state index is -0.593. The summed E-state index contributed by atoms with van der Waals surface area (Å²) in [4.78, 5) is 0. The molecule has 1 aromatic carbocycles. The molecule has 1 N–H and O–H groups in total. The maximum atomic E-state index is 13.4. The average molecular weight is 295 g/mol. The predicted octanol–water partition coefficient (Wildman–Crippen LogP) is 3.94.